The molecule has 5 N–H and O–H groups in total. The Balaban J connectivity index is 1.43. The van der Waals surface area contributed by atoms with Crippen molar-refractivity contribution < 1.29 is 19.9 Å². The molecule has 12 nitrogen and oxygen atoms in total. The highest BCUT2D eigenvalue weighted by molar-refractivity contribution is 5.81. The highest BCUT2D eigenvalue weighted by atomic mass is 16.6. The van der Waals surface area contributed by atoms with Gasteiger partial charge in [-0.25, -0.2) is 15.0 Å². The zero-order chi connectivity index (χ0) is 20.5. The number of hydrogen-bond acceptors (Lipinski definition) is 10. The van der Waals surface area contributed by atoms with E-state index >= 15 is 0 Å². The number of benzene rings is 1. The number of imidazole rings is 1. The first-order valence-electron chi connectivity index (χ1n) is 8.84. The van der Waals surface area contributed by atoms with Gasteiger partial charge in [-0.15, -0.1) is 0 Å². The Bertz CT molecular complexity index is 1040. The van der Waals surface area contributed by atoms with Gasteiger partial charge in [0.25, 0.3) is 5.69 Å². The van der Waals surface area contributed by atoms with E-state index in [-0.39, 0.29) is 18.1 Å². The van der Waals surface area contributed by atoms with E-state index in [0.29, 0.717) is 17.7 Å². The molecule has 1 aromatic carbocycles. The first-order chi connectivity index (χ1) is 14.0. The molecule has 1 aliphatic heterocycles. The number of aliphatic hydroxyl groups excluding tert-OH is 2. The van der Waals surface area contributed by atoms with E-state index in [1.807, 2.05) is 0 Å². The molecule has 152 valence electrons. The lowest BCUT2D eigenvalue weighted by atomic mass is 10.1. The molecule has 0 radical (unpaired) electrons. The molecule has 29 heavy (non-hydrogen) atoms. The Kier molecular flexibility index (Phi) is 5.07. The third-order valence-corrected chi connectivity index (χ3v) is 4.79. The van der Waals surface area contributed by atoms with Crippen LogP contribution in [0, 0.1) is 10.1 Å². The average Bonchev–Trinajstić information content (AvgIpc) is 3.25. The highest BCUT2D eigenvalue weighted by Gasteiger charge is 2.44. The number of hydrogen-bond donors (Lipinski definition) is 4. The maximum absolute atomic E-state index is 10.9. The second-order valence-corrected chi connectivity index (χ2v) is 6.69. The van der Waals surface area contributed by atoms with E-state index in [9.17, 15) is 20.3 Å². The van der Waals surface area contributed by atoms with Gasteiger partial charge >= 0.3 is 0 Å². The number of ether oxygens (including phenoxy) is 1. The molecule has 0 saturated carbocycles. The average molecular weight is 401 g/mol. The minimum absolute atomic E-state index is 0.00480. The van der Waals surface area contributed by atoms with Crippen molar-refractivity contribution in [1.82, 2.24) is 24.8 Å². The first-order valence-corrected chi connectivity index (χ1v) is 8.84. The number of aliphatic hydroxyl groups is 2. The normalized spacial score (nSPS) is 24.2. The lowest BCUT2D eigenvalue weighted by Crippen LogP contribution is -2.37. The molecule has 4 rings (SSSR count). The van der Waals surface area contributed by atoms with Crippen molar-refractivity contribution in [2.45, 2.75) is 31.1 Å². The fourth-order valence-corrected chi connectivity index (χ4v) is 3.32. The molecule has 0 aliphatic carbocycles. The van der Waals surface area contributed by atoms with Gasteiger partial charge < -0.3 is 26.0 Å². The number of nitrogens with two attached hydrogens (primary N) is 1. The van der Waals surface area contributed by atoms with Crippen molar-refractivity contribution in [2.75, 3.05) is 12.3 Å². The predicted octanol–water partition coefficient (Wildman–Crippen LogP) is -0.274. The van der Waals surface area contributed by atoms with Crippen LogP contribution in [0.2, 0.25) is 0 Å². The molecule has 3 aromatic rings. The molecule has 2 aromatic heterocycles. The third-order valence-electron chi connectivity index (χ3n) is 4.79. The first kappa shape index (κ1) is 19.1. The largest absolute Gasteiger partial charge is 0.387 e. The number of anilines is 1. The summed E-state index contributed by atoms with van der Waals surface area (Å²) in [6.45, 7) is 0.563. The smallest absolute Gasteiger partial charge is 0.269 e. The molecule has 1 saturated heterocycles. The second kappa shape index (κ2) is 7.67. The zero-order valence-corrected chi connectivity index (χ0v) is 15.1. The van der Waals surface area contributed by atoms with Gasteiger partial charge in [0.2, 0.25) is 0 Å². The number of aromatic nitrogens is 4. The monoisotopic (exact) mass is 401 g/mol. The molecular formula is C17H19N7O5. The summed E-state index contributed by atoms with van der Waals surface area (Å²) in [7, 11) is 0. The van der Waals surface area contributed by atoms with Gasteiger partial charge in [0, 0.05) is 25.2 Å². The van der Waals surface area contributed by atoms with Crippen LogP contribution in [0.5, 0.6) is 0 Å². The quantitative estimate of drug-likeness (QED) is 0.318. The standard InChI is InChI=1S/C17H19N7O5/c18-15-12-16(21-7-20-15)23(8-22-12)17-14(26)13(25)11(29-17)6-19-5-9-2-1-3-10(4-9)24(27)28/h1-4,7-8,11,13-14,17,19,25-26H,5-6H2,(H2,18,20,21)/t11-,13-,14-,17-/m1/s1. The minimum Gasteiger partial charge on any atom is -0.387 e. The van der Waals surface area contributed by atoms with Gasteiger partial charge in [-0.2, -0.15) is 0 Å². The molecule has 0 bridgehead atoms. The third kappa shape index (κ3) is 3.61. The summed E-state index contributed by atoms with van der Waals surface area (Å²) < 4.78 is 7.33. The van der Waals surface area contributed by atoms with Crippen molar-refractivity contribution in [1.29, 1.82) is 0 Å². The summed E-state index contributed by atoms with van der Waals surface area (Å²) in [6, 6.07) is 6.25. The number of non-ortho nitro benzene ring substituents is 1. The van der Waals surface area contributed by atoms with Gasteiger partial charge in [-0.3, -0.25) is 14.7 Å². The molecule has 12 heteroatoms. The van der Waals surface area contributed by atoms with Crippen LogP contribution in [0.4, 0.5) is 11.5 Å². The van der Waals surface area contributed by atoms with Gasteiger partial charge in [0.05, 0.1) is 11.3 Å². The fourth-order valence-electron chi connectivity index (χ4n) is 3.32. The van der Waals surface area contributed by atoms with E-state index in [1.54, 1.807) is 12.1 Å². The number of nitrogens with zero attached hydrogens (tertiary/aromatic N) is 5. The van der Waals surface area contributed by atoms with E-state index < -0.39 is 29.5 Å². The number of nitrogen functional groups attached to an aromatic ring is 1. The number of nitro groups is 1. The van der Waals surface area contributed by atoms with Crippen LogP contribution in [-0.4, -0.2) is 59.5 Å². The van der Waals surface area contributed by atoms with Crippen LogP contribution in [0.3, 0.4) is 0 Å². The van der Waals surface area contributed by atoms with Crippen molar-refractivity contribution in [3.63, 3.8) is 0 Å². The van der Waals surface area contributed by atoms with Crippen LogP contribution in [-0.2, 0) is 11.3 Å². The molecule has 0 spiro atoms. The van der Waals surface area contributed by atoms with Gasteiger partial charge in [-0.1, -0.05) is 12.1 Å². The van der Waals surface area contributed by atoms with Crippen molar-refractivity contribution in [3.05, 3.63) is 52.6 Å². The fraction of sp³-hybridized carbons (Fsp3) is 0.353. The number of nitro benzene ring substituents is 1. The maximum atomic E-state index is 10.9. The van der Waals surface area contributed by atoms with Crippen LogP contribution < -0.4 is 11.1 Å². The Labute approximate surface area is 164 Å². The van der Waals surface area contributed by atoms with Crippen LogP contribution in [0.15, 0.2) is 36.9 Å². The predicted molar refractivity (Wildman–Crippen MR) is 100 cm³/mol. The van der Waals surface area contributed by atoms with Crippen LogP contribution in [0.1, 0.15) is 11.8 Å². The molecule has 0 amide bonds. The SMILES string of the molecule is Nc1ncnc2c1ncn2[C@@H]1O[C@H](CNCc2cccc([N+](=O)[O-])c2)[C@@H](O)[C@H]1O. The lowest BCUT2D eigenvalue weighted by Gasteiger charge is -2.16. The van der Waals surface area contributed by atoms with E-state index in [1.165, 1.54) is 29.4 Å². The number of fused-ring (bicyclic) bond motifs is 1. The molecule has 1 fully saturated rings. The van der Waals surface area contributed by atoms with Crippen molar-refractivity contribution in [2.24, 2.45) is 0 Å². The summed E-state index contributed by atoms with van der Waals surface area (Å²) in [5, 5.41) is 34.8. The second-order valence-electron chi connectivity index (χ2n) is 6.69. The van der Waals surface area contributed by atoms with Gasteiger partial charge in [0.1, 0.15) is 30.2 Å². The Morgan fingerprint density at radius 3 is 2.90 bits per heavy atom. The number of rotatable bonds is 6. The molecular weight excluding hydrogens is 382 g/mol. The van der Waals surface area contributed by atoms with E-state index in [4.69, 9.17) is 10.5 Å². The van der Waals surface area contributed by atoms with Crippen molar-refractivity contribution >= 4 is 22.7 Å². The summed E-state index contributed by atoms with van der Waals surface area (Å²) in [4.78, 5) is 22.5. The molecule has 3 heterocycles. The molecule has 1 aliphatic rings. The van der Waals surface area contributed by atoms with Crippen molar-refractivity contribution in [3.8, 4) is 0 Å². The molecule has 4 atom stereocenters. The Hall–Kier alpha value is -3.19. The number of nitrogens with one attached hydrogen (secondary N) is 1. The summed E-state index contributed by atoms with van der Waals surface area (Å²) >= 11 is 0. The Morgan fingerprint density at radius 2 is 2.10 bits per heavy atom. The minimum atomic E-state index is -1.20. The zero-order valence-electron chi connectivity index (χ0n) is 15.1. The molecule has 0 unspecified atom stereocenters. The van der Waals surface area contributed by atoms with Gasteiger partial charge in [0.15, 0.2) is 17.7 Å². The topological polar surface area (TPSA) is 174 Å². The van der Waals surface area contributed by atoms with E-state index in [2.05, 4.69) is 20.3 Å². The van der Waals surface area contributed by atoms with Gasteiger partial charge in [-0.05, 0) is 5.56 Å². The summed E-state index contributed by atoms with van der Waals surface area (Å²) in [5.74, 6) is 0.206. The maximum Gasteiger partial charge on any atom is 0.269 e. The van der Waals surface area contributed by atoms with Crippen LogP contribution in [0.25, 0.3) is 11.2 Å². The summed E-state index contributed by atoms with van der Waals surface area (Å²) in [6.07, 6.45) is -1.23. The Morgan fingerprint density at radius 1 is 1.28 bits per heavy atom. The lowest BCUT2D eigenvalue weighted by molar-refractivity contribution is -0.384. The van der Waals surface area contributed by atoms with Crippen LogP contribution >= 0.6 is 0 Å². The summed E-state index contributed by atoms with van der Waals surface area (Å²) in [5.41, 5.74) is 7.27. The van der Waals surface area contributed by atoms with E-state index in [0.717, 1.165) is 5.56 Å². The highest BCUT2D eigenvalue weighted by Crippen LogP contribution is 2.31.